The van der Waals surface area contributed by atoms with Crippen molar-refractivity contribution >= 4 is 39.2 Å². The van der Waals surface area contributed by atoms with Crippen LogP contribution in [0.15, 0.2) is 29.8 Å². The smallest absolute Gasteiger partial charge is 0.341 e. The normalized spacial score (nSPS) is 16.7. The number of esters is 1. The number of ether oxygens (including phenoxy) is 3. The van der Waals surface area contributed by atoms with Crippen LogP contribution in [0.5, 0.6) is 11.5 Å². The highest BCUT2D eigenvalue weighted by Gasteiger charge is 2.34. The first-order valence-corrected chi connectivity index (χ1v) is 14.0. The van der Waals surface area contributed by atoms with E-state index in [0.29, 0.717) is 40.2 Å². The van der Waals surface area contributed by atoms with Gasteiger partial charge in [-0.25, -0.2) is 9.78 Å². The molecule has 5 rings (SSSR count). The third-order valence-electron chi connectivity index (χ3n) is 6.84. The molecule has 0 saturated carbocycles. The predicted octanol–water partition coefficient (Wildman–Crippen LogP) is 6.90. The summed E-state index contributed by atoms with van der Waals surface area (Å²) in [6.45, 7) is 9.16. The molecule has 1 atom stereocenters. The van der Waals surface area contributed by atoms with E-state index in [0.717, 1.165) is 41.1 Å². The van der Waals surface area contributed by atoms with Crippen LogP contribution in [0.2, 0.25) is 0 Å². The number of hydrogen-bond acceptors (Lipinski definition) is 9. The Hall–Kier alpha value is -3.35. The second-order valence-electron chi connectivity index (χ2n) is 10.2. The molecule has 1 aromatic carbocycles. The van der Waals surface area contributed by atoms with Gasteiger partial charge in [-0.3, -0.25) is 0 Å². The molecular weight excluding hydrogens is 506 g/mol. The van der Waals surface area contributed by atoms with Crippen LogP contribution in [0.4, 0.5) is 5.00 Å². The van der Waals surface area contributed by atoms with E-state index < -0.39 is 0 Å². The number of carbonyl (C=O) groups is 1. The summed E-state index contributed by atoms with van der Waals surface area (Å²) < 4.78 is 16.3. The van der Waals surface area contributed by atoms with Gasteiger partial charge >= 0.3 is 5.97 Å². The predicted molar refractivity (Wildman–Crippen MR) is 146 cm³/mol. The zero-order valence-electron chi connectivity index (χ0n) is 21.3. The fourth-order valence-electron chi connectivity index (χ4n) is 4.71. The minimum absolute atomic E-state index is 0.202. The quantitative estimate of drug-likeness (QED) is 0.271. The summed E-state index contributed by atoms with van der Waals surface area (Å²) in [4.78, 5) is 18.8. The summed E-state index contributed by atoms with van der Waals surface area (Å²) in [7, 11) is 0. The van der Waals surface area contributed by atoms with Crippen LogP contribution in [0.25, 0.3) is 16.8 Å². The lowest BCUT2D eigenvalue weighted by molar-refractivity contribution is 0.0526. The lowest BCUT2D eigenvalue weighted by Gasteiger charge is -2.33. The van der Waals surface area contributed by atoms with Gasteiger partial charge in [0.15, 0.2) is 11.5 Å². The maximum absolute atomic E-state index is 12.9. The summed E-state index contributed by atoms with van der Waals surface area (Å²) >= 11 is 2.98. The molecule has 0 amide bonds. The first kappa shape index (κ1) is 25.3. The van der Waals surface area contributed by atoms with Crippen molar-refractivity contribution in [2.45, 2.75) is 47.0 Å². The molecule has 7 nitrogen and oxygen atoms in total. The third-order valence-corrected chi connectivity index (χ3v) is 8.90. The molecule has 0 spiro atoms. The minimum atomic E-state index is -0.317. The fourth-order valence-corrected chi connectivity index (χ4v) is 6.79. The number of anilines is 1. The number of allylic oxidation sites excluding steroid dienone is 1. The Labute approximate surface area is 224 Å². The van der Waals surface area contributed by atoms with Crippen molar-refractivity contribution < 1.29 is 19.0 Å². The lowest BCUT2D eigenvalue weighted by atomic mass is 9.72. The Bertz CT molecular complexity index is 1410. The Morgan fingerprint density at radius 1 is 1.32 bits per heavy atom. The molecule has 3 aromatic rings. The van der Waals surface area contributed by atoms with Gasteiger partial charge in [0, 0.05) is 22.0 Å². The van der Waals surface area contributed by atoms with Crippen LogP contribution in [0, 0.1) is 22.7 Å². The zero-order chi connectivity index (χ0) is 26.2. The highest BCUT2D eigenvalue weighted by Crippen LogP contribution is 2.45. The van der Waals surface area contributed by atoms with Gasteiger partial charge in [0.25, 0.3) is 0 Å². The van der Waals surface area contributed by atoms with Crippen LogP contribution in [-0.2, 0) is 17.6 Å². The Kier molecular flexibility index (Phi) is 6.97. The van der Waals surface area contributed by atoms with Gasteiger partial charge in [-0.2, -0.15) is 5.26 Å². The van der Waals surface area contributed by atoms with Gasteiger partial charge in [-0.05, 0) is 61.3 Å². The summed E-state index contributed by atoms with van der Waals surface area (Å²) in [5.74, 6) is 1.64. The molecule has 0 saturated heterocycles. The van der Waals surface area contributed by atoms with E-state index in [1.807, 2.05) is 30.5 Å². The Morgan fingerprint density at radius 2 is 2.14 bits per heavy atom. The van der Waals surface area contributed by atoms with Crippen molar-refractivity contribution in [3.05, 3.63) is 50.8 Å². The van der Waals surface area contributed by atoms with E-state index in [1.54, 1.807) is 17.5 Å². The zero-order valence-corrected chi connectivity index (χ0v) is 23.0. The Balaban J connectivity index is 1.42. The van der Waals surface area contributed by atoms with Crippen molar-refractivity contribution in [3.8, 4) is 28.8 Å². The second kappa shape index (κ2) is 10.2. The van der Waals surface area contributed by atoms with E-state index in [2.05, 4.69) is 37.1 Å². The number of fused-ring (bicyclic) bond motifs is 2. The van der Waals surface area contributed by atoms with E-state index in [4.69, 9.17) is 14.2 Å². The standard InChI is InChI=1S/C28H29N3O4S2/c1-5-33-27(32)24-19-8-7-18(28(2,3)4)11-23(19)37-26(24)30-13-17(12-29)25-31-20(14-36-25)16-6-9-21-22(10-16)35-15-34-21/h6,9-10,13-14,18,30H,5,7-8,11,15H2,1-4H3/b17-13+/t18-/m1/s1. The fraction of sp³-hybridized carbons (Fsp3) is 0.393. The number of thiazole rings is 1. The van der Waals surface area contributed by atoms with Gasteiger partial charge in [-0.1, -0.05) is 20.8 Å². The molecule has 1 aliphatic carbocycles. The van der Waals surface area contributed by atoms with Gasteiger partial charge < -0.3 is 19.5 Å². The minimum Gasteiger partial charge on any atom is -0.462 e. The molecule has 192 valence electrons. The van der Waals surface area contributed by atoms with Gasteiger partial charge in [0.2, 0.25) is 6.79 Å². The molecule has 3 heterocycles. The molecule has 0 unspecified atom stereocenters. The molecule has 1 aliphatic heterocycles. The molecule has 0 radical (unpaired) electrons. The van der Waals surface area contributed by atoms with Crippen LogP contribution in [-0.4, -0.2) is 24.4 Å². The van der Waals surface area contributed by atoms with E-state index in [1.165, 1.54) is 16.2 Å². The molecular formula is C28H29N3O4S2. The average molecular weight is 536 g/mol. The van der Waals surface area contributed by atoms with E-state index in [-0.39, 0.29) is 18.2 Å². The molecule has 2 aromatic heterocycles. The molecule has 0 fully saturated rings. The monoisotopic (exact) mass is 535 g/mol. The van der Waals surface area contributed by atoms with Crippen molar-refractivity contribution in [2.75, 3.05) is 18.7 Å². The van der Waals surface area contributed by atoms with Crippen molar-refractivity contribution in [1.29, 1.82) is 5.26 Å². The summed E-state index contributed by atoms with van der Waals surface area (Å²) in [5, 5.41) is 16.4. The highest BCUT2D eigenvalue weighted by molar-refractivity contribution is 7.16. The van der Waals surface area contributed by atoms with Crippen molar-refractivity contribution in [3.63, 3.8) is 0 Å². The number of nitrogens with one attached hydrogen (secondary N) is 1. The average Bonchev–Trinajstić information content (AvgIpc) is 3.61. The first-order chi connectivity index (χ1) is 17.8. The third kappa shape index (κ3) is 5.09. The molecule has 2 aliphatic rings. The maximum Gasteiger partial charge on any atom is 0.341 e. The number of carbonyl (C=O) groups excluding carboxylic acids is 1. The van der Waals surface area contributed by atoms with Crippen molar-refractivity contribution in [1.82, 2.24) is 4.98 Å². The number of hydrogen-bond donors (Lipinski definition) is 1. The molecule has 37 heavy (non-hydrogen) atoms. The van der Waals surface area contributed by atoms with Crippen LogP contribution >= 0.6 is 22.7 Å². The largest absolute Gasteiger partial charge is 0.462 e. The first-order valence-electron chi connectivity index (χ1n) is 12.3. The number of benzene rings is 1. The highest BCUT2D eigenvalue weighted by atomic mass is 32.1. The van der Waals surface area contributed by atoms with Gasteiger partial charge in [0.1, 0.15) is 21.7 Å². The van der Waals surface area contributed by atoms with E-state index in [9.17, 15) is 10.1 Å². The molecule has 0 bridgehead atoms. The summed E-state index contributed by atoms with van der Waals surface area (Å²) in [5.41, 5.74) is 3.92. The summed E-state index contributed by atoms with van der Waals surface area (Å²) in [6, 6.07) is 7.92. The van der Waals surface area contributed by atoms with Gasteiger partial charge in [-0.15, -0.1) is 22.7 Å². The second-order valence-corrected chi connectivity index (χ2v) is 12.1. The number of nitriles is 1. The van der Waals surface area contributed by atoms with E-state index >= 15 is 0 Å². The Morgan fingerprint density at radius 3 is 2.89 bits per heavy atom. The van der Waals surface area contributed by atoms with Crippen LogP contribution < -0.4 is 14.8 Å². The van der Waals surface area contributed by atoms with Crippen LogP contribution in [0.3, 0.4) is 0 Å². The number of rotatable bonds is 6. The maximum atomic E-state index is 12.9. The van der Waals surface area contributed by atoms with Gasteiger partial charge in [0.05, 0.1) is 17.9 Å². The number of nitrogens with zero attached hydrogens (tertiary/aromatic N) is 2. The summed E-state index contributed by atoms with van der Waals surface area (Å²) in [6.07, 6.45) is 4.48. The SMILES string of the molecule is CCOC(=O)c1c(N/C=C(\C#N)c2nc(-c3ccc4c(c3)OCO4)cs2)sc2c1CC[C@@H](C(C)(C)C)C2. The topological polar surface area (TPSA) is 93.5 Å². The number of aromatic nitrogens is 1. The van der Waals surface area contributed by atoms with Crippen LogP contribution in [0.1, 0.15) is 59.9 Å². The molecule has 9 heteroatoms. The molecule has 1 N–H and O–H groups in total. The lowest BCUT2D eigenvalue weighted by Crippen LogP contribution is -2.26. The number of thiophene rings is 1. The van der Waals surface area contributed by atoms with Crippen molar-refractivity contribution in [2.24, 2.45) is 11.3 Å².